The monoisotopic (exact) mass is 427 g/mol. The van der Waals surface area contributed by atoms with Crippen LogP contribution < -0.4 is 5.32 Å². The van der Waals surface area contributed by atoms with Crippen LogP contribution in [0.5, 0.6) is 0 Å². The maximum Gasteiger partial charge on any atom is 0.243 e. The zero-order valence-corrected chi connectivity index (χ0v) is 17.9. The summed E-state index contributed by atoms with van der Waals surface area (Å²) >= 11 is 0. The van der Waals surface area contributed by atoms with E-state index >= 15 is 0 Å². The Bertz CT molecular complexity index is 950. The Kier molecular flexibility index (Phi) is 6.51. The van der Waals surface area contributed by atoms with Gasteiger partial charge in [-0.15, -0.1) is 0 Å². The third kappa shape index (κ3) is 4.91. The number of benzene rings is 2. The van der Waals surface area contributed by atoms with Gasteiger partial charge in [-0.25, -0.2) is 8.42 Å². The predicted octanol–water partition coefficient (Wildman–Crippen LogP) is 2.48. The number of hydrogen-bond donors (Lipinski definition) is 1. The molecule has 2 aliphatic heterocycles. The third-order valence-corrected chi connectivity index (χ3v) is 7.88. The van der Waals surface area contributed by atoms with Crippen molar-refractivity contribution in [2.24, 2.45) is 5.92 Å². The normalized spacial score (nSPS) is 23.3. The fourth-order valence-electron chi connectivity index (χ4n) is 4.37. The van der Waals surface area contributed by atoms with E-state index in [0.717, 1.165) is 32.5 Å². The van der Waals surface area contributed by atoms with E-state index in [2.05, 4.69) is 22.3 Å². The number of amides is 1. The highest BCUT2D eigenvalue weighted by molar-refractivity contribution is 7.89. The maximum absolute atomic E-state index is 12.9. The van der Waals surface area contributed by atoms with Crippen molar-refractivity contribution in [2.75, 3.05) is 26.2 Å². The average molecular weight is 428 g/mol. The van der Waals surface area contributed by atoms with Crippen LogP contribution in [0.15, 0.2) is 65.6 Å². The molecule has 1 amide bonds. The van der Waals surface area contributed by atoms with E-state index < -0.39 is 10.0 Å². The molecule has 0 radical (unpaired) electrons. The molecule has 2 aromatic carbocycles. The van der Waals surface area contributed by atoms with Gasteiger partial charge in [-0.05, 0) is 37.0 Å². The topological polar surface area (TPSA) is 69.7 Å². The van der Waals surface area contributed by atoms with Crippen LogP contribution in [0.4, 0.5) is 0 Å². The summed E-state index contributed by atoms with van der Waals surface area (Å²) in [5.74, 6) is -0.310. The van der Waals surface area contributed by atoms with Gasteiger partial charge >= 0.3 is 0 Å². The number of carbonyl (C=O) groups is 1. The third-order valence-electron chi connectivity index (χ3n) is 6.00. The zero-order valence-electron chi connectivity index (χ0n) is 17.1. The van der Waals surface area contributed by atoms with Crippen LogP contribution in [0.3, 0.4) is 0 Å². The number of nitrogens with zero attached hydrogens (tertiary/aromatic N) is 2. The number of nitrogens with one attached hydrogen (secondary N) is 1. The zero-order chi connectivity index (χ0) is 21.0. The smallest absolute Gasteiger partial charge is 0.243 e. The van der Waals surface area contributed by atoms with E-state index in [-0.39, 0.29) is 24.4 Å². The van der Waals surface area contributed by atoms with Crippen LogP contribution >= 0.6 is 0 Å². The van der Waals surface area contributed by atoms with Crippen molar-refractivity contribution in [1.82, 2.24) is 14.5 Å². The van der Waals surface area contributed by atoms with Crippen molar-refractivity contribution in [2.45, 2.75) is 36.7 Å². The van der Waals surface area contributed by atoms with E-state index in [1.165, 1.54) is 9.87 Å². The van der Waals surface area contributed by atoms with Gasteiger partial charge in [-0.2, -0.15) is 4.31 Å². The van der Waals surface area contributed by atoms with Crippen molar-refractivity contribution in [3.05, 3.63) is 66.2 Å². The van der Waals surface area contributed by atoms with Gasteiger partial charge in [0.05, 0.1) is 10.8 Å². The quantitative estimate of drug-likeness (QED) is 0.769. The molecule has 0 saturated carbocycles. The highest BCUT2D eigenvalue weighted by atomic mass is 32.2. The Balaban J connectivity index is 1.32. The lowest BCUT2D eigenvalue weighted by Crippen LogP contribution is -2.48. The van der Waals surface area contributed by atoms with Gasteiger partial charge in [0, 0.05) is 38.8 Å². The summed E-state index contributed by atoms with van der Waals surface area (Å²) in [6.07, 6.45) is 2.36. The summed E-state index contributed by atoms with van der Waals surface area (Å²) < 4.78 is 27.3. The minimum absolute atomic E-state index is 0.0190. The van der Waals surface area contributed by atoms with Crippen LogP contribution in [-0.2, 0) is 21.4 Å². The first-order chi connectivity index (χ1) is 14.5. The minimum atomic E-state index is -3.55. The van der Waals surface area contributed by atoms with E-state index in [4.69, 9.17) is 0 Å². The lowest BCUT2D eigenvalue weighted by molar-refractivity contribution is -0.126. The minimum Gasteiger partial charge on any atom is -0.352 e. The van der Waals surface area contributed by atoms with Gasteiger partial charge in [-0.3, -0.25) is 9.69 Å². The number of rotatable bonds is 6. The molecule has 160 valence electrons. The Morgan fingerprint density at radius 2 is 1.63 bits per heavy atom. The second-order valence-electron chi connectivity index (χ2n) is 8.23. The lowest BCUT2D eigenvalue weighted by atomic mass is 9.98. The van der Waals surface area contributed by atoms with Crippen molar-refractivity contribution in [3.8, 4) is 0 Å². The summed E-state index contributed by atoms with van der Waals surface area (Å²) in [6, 6.07) is 18.9. The van der Waals surface area contributed by atoms with E-state index in [0.29, 0.717) is 17.9 Å². The van der Waals surface area contributed by atoms with Gasteiger partial charge in [-0.1, -0.05) is 48.5 Å². The van der Waals surface area contributed by atoms with Gasteiger partial charge in [0.2, 0.25) is 15.9 Å². The molecule has 2 atom stereocenters. The molecule has 2 fully saturated rings. The summed E-state index contributed by atoms with van der Waals surface area (Å²) in [5, 5.41) is 3.17. The van der Waals surface area contributed by atoms with E-state index in [1.54, 1.807) is 30.3 Å². The number of hydrogen-bond acceptors (Lipinski definition) is 4. The molecule has 0 bridgehead atoms. The maximum atomic E-state index is 12.9. The number of likely N-dealkylation sites (tertiary alicyclic amines) is 1. The summed E-state index contributed by atoms with van der Waals surface area (Å²) in [6.45, 7) is 3.40. The second kappa shape index (κ2) is 9.29. The molecule has 0 spiro atoms. The van der Waals surface area contributed by atoms with E-state index in [1.807, 2.05) is 18.2 Å². The predicted molar refractivity (Wildman–Crippen MR) is 116 cm³/mol. The van der Waals surface area contributed by atoms with Crippen molar-refractivity contribution < 1.29 is 13.2 Å². The molecule has 0 aromatic heterocycles. The van der Waals surface area contributed by atoms with Crippen molar-refractivity contribution >= 4 is 15.9 Å². The fourth-order valence-corrected chi connectivity index (χ4v) is 5.92. The molecule has 2 aliphatic rings. The first kappa shape index (κ1) is 21.0. The molecule has 0 aliphatic carbocycles. The number of piperidine rings is 1. The molecule has 1 N–H and O–H groups in total. The highest BCUT2D eigenvalue weighted by Gasteiger charge is 2.34. The molecule has 0 unspecified atom stereocenters. The van der Waals surface area contributed by atoms with E-state index in [9.17, 15) is 13.2 Å². The molecule has 4 rings (SSSR count). The molecule has 6 nitrogen and oxygen atoms in total. The van der Waals surface area contributed by atoms with Gasteiger partial charge < -0.3 is 5.32 Å². The lowest BCUT2D eigenvalue weighted by Gasteiger charge is -2.31. The Labute approximate surface area is 178 Å². The van der Waals surface area contributed by atoms with Crippen LogP contribution in [-0.4, -0.2) is 55.8 Å². The fraction of sp³-hybridized carbons (Fsp3) is 0.435. The first-order valence-corrected chi connectivity index (χ1v) is 12.1. The summed E-state index contributed by atoms with van der Waals surface area (Å²) in [4.78, 5) is 15.5. The summed E-state index contributed by atoms with van der Waals surface area (Å²) in [7, 11) is -3.55. The van der Waals surface area contributed by atoms with Crippen molar-refractivity contribution in [3.63, 3.8) is 0 Å². The van der Waals surface area contributed by atoms with Crippen LogP contribution in [0.2, 0.25) is 0 Å². The molecular formula is C23H29N3O3S. The van der Waals surface area contributed by atoms with Gasteiger partial charge in [0.1, 0.15) is 0 Å². The Morgan fingerprint density at radius 3 is 2.37 bits per heavy atom. The van der Waals surface area contributed by atoms with Crippen LogP contribution in [0, 0.1) is 5.92 Å². The largest absolute Gasteiger partial charge is 0.352 e. The van der Waals surface area contributed by atoms with Gasteiger partial charge in [0.15, 0.2) is 0 Å². The summed E-state index contributed by atoms with van der Waals surface area (Å²) in [5.41, 5.74) is 1.28. The molecule has 2 saturated heterocycles. The number of sulfonamides is 1. The molecule has 7 heteroatoms. The van der Waals surface area contributed by atoms with Gasteiger partial charge in [0.25, 0.3) is 0 Å². The molecule has 30 heavy (non-hydrogen) atoms. The Hall–Kier alpha value is -2.22. The molecular weight excluding hydrogens is 398 g/mol. The highest BCUT2D eigenvalue weighted by Crippen LogP contribution is 2.24. The molecule has 2 heterocycles. The Morgan fingerprint density at radius 1 is 0.933 bits per heavy atom. The first-order valence-electron chi connectivity index (χ1n) is 10.6. The second-order valence-corrected chi connectivity index (χ2v) is 10.2. The average Bonchev–Trinajstić information content (AvgIpc) is 3.21. The number of carbonyl (C=O) groups excluding carboxylic acids is 1. The molecule has 2 aromatic rings. The van der Waals surface area contributed by atoms with Crippen molar-refractivity contribution in [1.29, 1.82) is 0 Å². The van der Waals surface area contributed by atoms with Crippen LogP contribution in [0.25, 0.3) is 0 Å². The SMILES string of the molecule is O=C(N[C@@H]1CCN(Cc2ccccc2)C1)[C@H]1CCCN(S(=O)(=O)c2ccccc2)C1. The standard InChI is InChI=1S/C23H29N3O3S/c27-23(24-21-13-15-25(18-21)16-19-8-3-1-4-9-19)20-10-7-14-26(17-20)30(28,29)22-11-5-2-6-12-22/h1-6,8-9,11-12,20-21H,7,10,13-18H2,(H,24,27)/t20-,21+/m0/s1. The van der Waals surface area contributed by atoms with Crippen LogP contribution in [0.1, 0.15) is 24.8 Å².